The van der Waals surface area contributed by atoms with Gasteiger partial charge in [-0.3, -0.25) is 4.79 Å². The Bertz CT molecular complexity index is 869. The predicted octanol–water partition coefficient (Wildman–Crippen LogP) is 4.00. The summed E-state index contributed by atoms with van der Waals surface area (Å²) in [6.45, 7) is 2.10. The zero-order valence-corrected chi connectivity index (χ0v) is 13.8. The van der Waals surface area contributed by atoms with E-state index in [1.54, 1.807) is 22.7 Å². The van der Waals surface area contributed by atoms with Gasteiger partial charge in [-0.05, 0) is 17.9 Å². The highest BCUT2D eigenvalue weighted by atomic mass is 32.2. The van der Waals surface area contributed by atoms with Crippen molar-refractivity contribution in [3.05, 3.63) is 32.7 Å². The SMILES string of the molecule is C#CCSc1nc2sc(CC)c(-c3cccs3)c2c(=O)[nH]1. The monoisotopic (exact) mass is 332 g/mol. The van der Waals surface area contributed by atoms with E-state index in [9.17, 15) is 4.79 Å². The van der Waals surface area contributed by atoms with E-state index in [-0.39, 0.29) is 5.56 Å². The predicted molar refractivity (Wildman–Crippen MR) is 92.5 cm³/mol. The lowest BCUT2D eigenvalue weighted by atomic mass is 10.1. The van der Waals surface area contributed by atoms with Crippen LogP contribution in [-0.4, -0.2) is 15.7 Å². The maximum absolute atomic E-state index is 12.5. The third-order valence-electron chi connectivity index (χ3n) is 2.99. The highest BCUT2D eigenvalue weighted by Gasteiger charge is 2.18. The summed E-state index contributed by atoms with van der Waals surface area (Å²) in [4.78, 5) is 23.0. The summed E-state index contributed by atoms with van der Waals surface area (Å²) in [5.74, 6) is 3.04. The van der Waals surface area contributed by atoms with Crippen LogP contribution in [0.1, 0.15) is 11.8 Å². The molecular formula is C15H12N2OS3. The first-order valence-corrected chi connectivity index (χ1v) is 9.08. The number of nitrogens with one attached hydrogen (secondary N) is 1. The highest BCUT2D eigenvalue weighted by Crippen LogP contribution is 2.38. The van der Waals surface area contributed by atoms with Gasteiger partial charge in [0.05, 0.1) is 11.1 Å². The van der Waals surface area contributed by atoms with E-state index in [4.69, 9.17) is 6.42 Å². The number of fused-ring (bicyclic) bond motifs is 1. The van der Waals surface area contributed by atoms with E-state index in [1.165, 1.54) is 16.6 Å². The molecular weight excluding hydrogens is 320 g/mol. The zero-order valence-electron chi connectivity index (χ0n) is 11.3. The Morgan fingerprint density at radius 2 is 2.38 bits per heavy atom. The van der Waals surface area contributed by atoms with E-state index in [0.29, 0.717) is 16.3 Å². The molecule has 3 rings (SSSR count). The first-order chi connectivity index (χ1) is 10.2. The zero-order chi connectivity index (χ0) is 14.8. The maximum Gasteiger partial charge on any atom is 0.260 e. The average Bonchev–Trinajstić information content (AvgIpc) is 3.11. The maximum atomic E-state index is 12.5. The van der Waals surface area contributed by atoms with Crippen molar-refractivity contribution in [1.82, 2.24) is 9.97 Å². The van der Waals surface area contributed by atoms with Crippen LogP contribution in [0.5, 0.6) is 0 Å². The summed E-state index contributed by atoms with van der Waals surface area (Å²) in [6.07, 6.45) is 6.14. The van der Waals surface area contributed by atoms with E-state index in [2.05, 4.69) is 22.8 Å². The van der Waals surface area contributed by atoms with Crippen molar-refractivity contribution < 1.29 is 0 Å². The number of hydrogen-bond acceptors (Lipinski definition) is 5. The van der Waals surface area contributed by atoms with Crippen molar-refractivity contribution in [1.29, 1.82) is 0 Å². The molecule has 0 radical (unpaired) electrons. The molecule has 0 bridgehead atoms. The number of aromatic amines is 1. The summed E-state index contributed by atoms with van der Waals surface area (Å²) in [5, 5.41) is 3.31. The second-order valence-corrected chi connectivity index (χ2v) is 7.27. The Kier molecular flexibility index (Phi) is 4.15. The Labute approximate surface area is 134 Å². The minimum Gasteiger partial charge on any atom is -0.301 e. The van der Waals surface area contributed by atoms with Crippen LogP contribution in [-0.2, 0) is 6.42 Å². The highest BCUT2D eigenvalue weighted by molar-refractivity contribution is 7.99. The van der Waals surface area contributed by atoms with Gasteiger partial charge in [0.1, 0.15) is 4.83 Å². The Morgan fingerprint density at radius 1 is 1.52 bits per heavy atom. The largest absolute Gasteiger partial charge is 0.301 e. The van der Waals surface area contributed by atoms with E-state index in [1.807, 2.05) is 17.5 Å². The van der Waals surface area contributed by atoms with Gasteiger partial charge in [-0.25, -0.2) is 4.98 Å². The summed E-state index contributed by atoms with van der Waals surface area (Å²) < 4.78 is 0. The van der Waals surface area contributed by atoms with E-state index in [0.717, 1.165) is 21.7 Å². The van der Waals surface area contributed by atoms with Gasteiger partial charge in [0, 0.05) is 15.3 Å². The normalized spacial score (nSPS) is 10.9. The van der Waals surface area contributed by atoms with Gasteiger partial charge in [-0.2, -0.15) is 0 Å². The van der Waals surface area contributed by atoms with Crippen molar-refractivity contribution in [2.45, 2.75) is 18.5 Å². The summed E-state index contributed by atoms with van der Waals surface area (Å²) in [7, 11) is 0. The lowest BCUT2D eigenvalue weighted by Gasteiger charge is -2.00. The minimum atomic E-state index is -0.0844. The molecule has 0 spiro atoms. The smallest absolute Gasteiger partial charge is 0.260 e. The first-order valence-electron chi connectivity index (χ1n) is 6.40. The summed E-state index contributed by atoms with van der Waals surface area (Å²) in [5.41, 5.74) is 0.952. The molecule has 0 aliphatic rings. The van der Waals surface area contributed by atoms with Gasteiger partial charge >= 0.3 is 0 Å². The lowest BCUT2D eigenvalue weighted by molar-refractivity contribution is 0.983. The molecule has 0 fully saturated rings. The van der Waals surface area contributed by atoms with Crippen LogP contribution in [0, 0.1) is 12.3 Å². The second kappa shape index (κ2) is 6.06. The molecule has 3 heterocycles. The number of H-pyrrole nitrogens is 1. The molecule has 3 nitrogen and oxygen atoms in total. The molecule has 6 heteroatoms. The molecule has 0 saturated heterocycles. The van der Waals surface area contributed by atoms with E-state index < -0.39 is 0 Å². The molecule has 3 aromatic rings. The summed E-state index contributed by atoms with van der Waals surface area (Å²) in [6, 6.07) is 4.05. The number of hydrogen-bond donors (Lipinski definition) is 1. The van der Waals surface area contributed by atoms with Crippen LogP contribution in [0.25, 0.3) is 20.7 Å². The van der Waals surface area contributed by atoms with Gasteiger partial charge in [0.15, 0.2) is 5.16 Å². The quantitative estimate of drug-likeness (QED) is 0.446. The van der Waals surface area contributed by atoms with Gasteiger partial charge in [0.25, 0.3) is 5.56 Å². The Hall–Kier alpha value is -1.55. The van der Waals surface area contributed by atoms with Crippen LogP contribution in [0.3, 0.4) is 0 Å². The fourth-order valence-electron chi connectivity index (χ4n) is 2.14. The van der Waals surface area contributed by atoms with Crippen LogP contribution < -0.4 is 5.56 Å². The van der Waals surface area contributed by atoms with Gasteiger partial charge in [-0.15, -0.1) is 29.1 Å². The number of terminal acetylenes is 1. The second-order valence-electron chi connectivity index (χ2n) is 4.28. The number of aromatic nitrogens is 2. The molecule has 0 aromatic carbocycles. The molecule has 0 aliphatic carbocycles. The first kappa shape index (κ1) is 14.4. The molecule has 106 valence electrons. The number of aryl methyl sites for hydroxylation is 1. The molecule has 3 aromatic heterocycles. The molecule has 0 atom stereocenters. The van der Waals surface area contributed by atoms with Crippen molar-refractivity contribution in [2.24, 2.45) is 0 Å². The van der Waals surface area contributed by atoms with Crippen molar-refractivity contribution >= 4 is 44.7 Å². The molecule has 21 heavy (non-hydrogen) atoms. The van der Waals surface area contributed by atoms with Gasteiger partial charge < -0.3 is 4.98 Å². The van der Waals surface area contributed by atoms with Crippen LogP contribution >= 0.6 is 34.4 Å². The fraction of sp³-hybridized carbons (Fsp3) is 0.200. The van der Waals surface area contributed by atoms with Gasteiger partial charge in [-0.1, -0.05) is 30.7 Å². The number of rotatable bonds is 4. The molecule has 0 aliphatic heterocycles. The fourth-order valence-corrected chi connectivity index (χ4v) is 4.74. The van der Waals surface area contributed by atoms with Crippen molar-refractivity contribution in [2.75, 3.05) is 5.75 Å². The number of nitrogens with zero attached hydrogens (tertiary/aromatic N) is 1. The van der Waals surface area contributed by atoms with Crippen molar-refractivity contribution in [3.8, 4) is 22.8 Å². The van der Waals surface area contributed by atoms with Crippen LogP contribution in [0.15, 0.2) is 27.5 Å². The third-order valence-corrected chi connectivity index (χ3v) is 5.89. The Balaban J connectivity index is 2.24. The summed E-state index contributed by atoms with van der Waals surface area (Å²) >= 11 is 4.62. The molecule has 1 N–H and O–H groups in total. The topological polar surface area (TPSA) is 45.8 Å². The third kappa shape index (κ3) is 2.64. The van der Waals surface area contributed by atoms with Crippen LogP contribution in [0.4, 0.5) is 0 Å². The Morgan fingerprint density at radius 3 is 3.05 bits per heavy atom. The van der Waals surface area contributed by atoms with Gasteiger partial charge in [0.2, 0.25) is 0 Å². The van der Waals surface area contributed by atoms with Crippen molar-refractivity contribution in [3.63, 3.8) is 0 Å². The molecule has 0 amide bonds. The average molecular weight is 332 g/mol. The lowest BCUT2D eigenvalue weighted by Crippen LogP contribution is -2.08. The molecule has 0 unspecified atom stereocenters. The van der Waals surface area contributed by atoms with Crippen LogP contribution in [0.2, 0.25) is 0 Å². The number of thiophene rings is 2. The minimum absolute atomic E-state index is 0.0844. The standard InChI is InChI=1S/C15H12N2OS3/c1-3-7-20-15-16-13(18)12-11(10-6-5-8-19-10)9(4-2)21-14(12)17-15/h1,5-6,8H,4,7H2,2H3,(H,16,17,18). The van der Waals surface area contributed by atoms with E-state index >= 15 is 0 Å². The number of thioether (sulfide) groups is 1. The molecule has 0 saturated carbocycles.